The maximum Gasteiger partial charge on any atom is 0.323 e. The SMILES string of the molecule is CCCC[C@H]1C(=O)N(C)[C@@H](CCCC)C(=O)N[C@@H](CC(C)C)C(=O)N[C@H](C(=O)NCC(N)=O)CSCC(=O)N[C@@H](Cc2ccc(O)cc2)C(=O)N(C)[C@@H](C)C(=O)N[C@@H](CC(N)=O)C(=O)N2CCC[C@H]2C(=O)N[C@@H](CNC(=O)NC(C)=O)C(=O)N[C@@H](CC(C)C)C(=O)N2C[C@H](O)C[C@H]2C(=O)N[C@@H](Cc2c[nH]c3ccccc23)C(=O)N[C@@H](CCNC(N)=O)C(=O)N[C@@H](Cc2cn(CC(=O)O)c3ccccc23)C(=O)N1C. The van der Waals surface area contributed by atoms with Crippen LogP contribution in [0.5, 0.6) is 5.75 Å². The van der Waals surface area contributed by atoms with Gasteiger partial charge in [-0.3, -0.25) is 96.4 Å². The summed E-state index contributed by atoms with van der Waals surface area (Å²) in [4.78, 5) is 311. The number of primary amides is 3. The smallest absolute Gasteiger partial charge is 0.323 e. The number of aliphatic hydroxyl groups excluding tert-OH is 1. The molecule has 0 unspecified atom stereocenters. The van der Waals surface area contributed by atoms with E-state index in [4.69, 9.17) is 17.2 Å². The molecule has 47 nitrogen and oxygen atoms in total. The number of fused-ring (bicyclic) bond motifs is 4. The number of hydrogen-bond donors (Lipinski definition) is 20. The molecule has 2 aromatic heterocycles. The normalized spacial score (nSPS) is 24.0. The Morgan fingerprint density at radius 1 is 0.538 bits per heavy atom. The number of urea groups is 2. The number of phenolic OH excluding ortho intramolecular Hbond substituents is 1. The number of carbonyl (C=O) groups excluding carboxylic acids is 20. The Bertz CT molecular complexity index is 5460. The topological polar surface area (TPSA) is 691 Å². The number of para-hydroxylation sites is 2. The Morgan fingerprint density at radius 3 is 1.73 bits per heavy atom. The van der Waals surface area contributed by atoms with Crippen LogP contribution in [0.15, 0.2) is 85.2 Å². The molecule has 0 radical (unpaired) electrons. The molecule has 3 aromatic carbocycles. The van der Waals surface area contributed by atoms with E-state index in [0.29, 0.717) is 57.8 Å². The summed E-state index contributed by atoms with van der Waals surface area (Å²) < 4.78 is 1.40. The lowest BCUT2D eigenvalue weighted by molar-refractivity contribution is -0.149. The van der Waals surface area contributed by atoms with Crippen LogP contribution < -0.4 is 86.3 Å². The number of aliphatic carboxylic acids is 1. The Hall–Kier alpha value is -14.5. The summed E-state index contributed by atoms with van der Waals surface area (Å²) in [6, 6.07) is -6.32. The Balaban J connectivity index is 1.25. The van der Waals surface area contributed by atoms with E-state index >= 15 is 38.4 Å². The van der Waals surface area contributed by atoms with Gasteiger partial charge in [0.2, 0.25) is 106 Å². The van der Waals surface area contributed by atoms with Crippen LogP contribution in [0.3, 0.4) is 0 Å². The number of carbonyl (C=O) groups is 21. The van der Waals surface area contributed by atoms with Crippen molar-refractivity contribution in [2.75, 3.05) is 65.4 Å². The molecule has 3 fully saturated rings. The highest BCUT2D eigenvalue weighted by Crippen LogP contribution is 2.29. The fourth-order valence-corrected chi connectivity index (χ4v) is 18.2. The summed E-state index contributed by atoms with van der Waals surface area (Å²) in [5.41, 5.74) is 18.8. The van der Waals surface area contributed by atoms with Crippen molar-refractivity contribution in [3.8, 4) is 5.75 Å². The number of thioether (sulfide) groups is 1. The number of imide groups is 1. The zero-order valence-corrected chi connectivity index (χ0v) is 82.9. The Morgan fingerprint density at radius 2 is 1.09 bits per heavy atom. The molecule has 8 rings (SSSR count). The molecule has 5 aromatic rings. The fourth-order valence-electron chi connectivity index (χ4n) is 17.4. The number of rotatable bonds is 28. The highest BCUT2D eigenvalue weighted by molar-refractivity contribution is 8.00. The summed E-state index contributed by atoms with van der Waals surface area (Å²) in [6.45, 7) is 9.32. The van der Waals surface area contributed by atoms with Crippen molar-refractivity contribution in [3.05, 3.63) is 102 Å². The van der Waals surface area contributed by atoms with Gasteiger partial charge >= 0.3 is 18.0 Å². The van der Waals surface area contributed by atoms with E-state index in [0.717, 1.165) is 43.2 Å². The molecule has 3 aliphatic heterocycles. The molecular formula is C95H135N23O24S. The van der Waals surface area contributed by atoms with Crippen molar-refractivity contribution in [3.63, 3.8) is 0 Å². The molecule has 0 bridgehead atoms. The molecule has 0 aliphatic carbocycles. The first-order chi connectivity index (χ1) is 67.7. The summed E-state index contributed by atoms with van der Waals surface area (Å²) in [5, 5.41) is 65.8. The van der Waals surface area contributed by atoms with Gasteiger partial charge in [-0.1, -0.05) is 116 Å². The van der Waals surface area contributed by atoms with Gasteiger partial charge in [0.15, 0.2) is 0 Å². The molecule has 780 valence electrons. The minimum absolute atomic E-state index is 0.0360. The lowest BCUT2D eigenvalue weighted by Gasteiger charge is -2.36. The van der Waals surface area contributed by atoms with Crippen LogP contribution in [-0.2, 0) is 117 Å². The maximum atomic E-state index is 16.1. The van der Waals surface area contributed by atoms with E-state index < -0.39 is 291 Å². The third-order valence-electron chi connectivity index (χ3n) is 24.9. The van der Waals surface area contributed by atoms with Crippen molar-refractivity contribution < 1.29 is 116 Å². The monoisotopic (exact) mass is 2010 g/mol. The molecule has 0 saturated carbocycles. The summed E-state index contributed by atoms with van der Waals surface area (Å²) >= 11 is 0.756. The minimum atomic E-state index is -1.90. The molecular weight excluding hydrogens is 1880 g/mol. The number of nitrogens with one attached hydrogen (secondary N) is 14. The Kier molecular flexibility index (Phi) is 42.9. The lowest BCUT2D eigenvalue weighted by atomic mass is 9.99. The second-order valence-corrected chi connectivity index (χ2v) is 38.0. The molecule has 143 heavy (non-hydrogen) atoms. The van der Waals surface area contributed by atoms with Crippen molar-refractivity contribution in [1.82, 2.24) is 103 Å². The van der Waals surface area contributed by atoms with Crippen LogP contribution in [0.2, 0.25) is 0 Å². The molecule has 22 amide bonds. The second kappa shape index (κ2) is 53.9. The predicted octanol–water partition coefficient (Wildman–Crippen LogP) is -2.64. The number of aromatic nitrogens is 2. The number of aromatic amines is 1. The largest absolute Gasteiger partial charge is 0.508 e. The minimum Gasteiger partial charge on any atom is -0.508 e. The van der Waals surface area contributed by atoms with Crippen LogP contribution in [0.1, 0.15) is 156 Å². The van der Waals surface area contributed by atoms with Gasteiger partial charge in [-0.2, -0.15) is 0 Å². The number of nitrogens with two attached hydrogens (primary N) is 3. The number of benzene rings is 3. The van der Waals surface area contributed by atoms with Gasteiger partial charge in [-0.15, -0.1) is 11.8 Å². The summed E-state index contributed by atoms with van der Waals surface area (Å²) in [7, 11) is 3.81. The van der Waals surface area contributed by atoms with Crippen LogP contribution in [-0.4, -0.2) is 330 Å². The third kappa shape index (κ3) is 33.1. The van der Waals surface area contributed by atoms with E-state index in [-0.39, 0.29) is 76.0 Å². The van der Waals surface area contributed by atoms with E-state index in [1.165, 1.54) is 63.1 Å². The van der Waals surface area contributed by atoms with Crippen LogP contribution >= 0.6 is 11.8 Å². The van der Waals surface area contributed by atoms with Gasteiger partial charge in [0.05, 0.1) is 24.8 Å². The number of carboxylic acids is 1. The first kappa shape index (κ1) is 114. The molecule has 3 aliphatic rings. The zero-order chi connectivity index (χ0) is 105. The Labute approximate surface area is 830 Å². The van der Waals surface area contributed by atoms with E-state index in [2.05, 4.69) is 68.8 Å². The predicted molar refractivity (Wildman–Crippen MR) is 521 cm³/mol. The number of likely N-dealkylation sites (N-methyl/N-ethyl adjacent to an activating group) is 3. The summed E-state index contributed by atoms with van der Waals surface area (Å²) in [6.07, 6.45) is -0.453. The first-order valence-electron chi connectivity index (χ1n) is 47.6. The highest BCUT2D eigenvalue weighted by Gasteiger charge is 2.47. The highest BCUT2D eigenvalue weighted by atomic mass is 32.2. The lowest BCUT2D eigenvalue weighted by Crippen LogP contribution is -2.62. The van der Waals surface area contributed by atoms with E-state index in [1.54, 1.807) is 82.4 Å². The molecule has 0 spiro atoms. The number of aromatic hydroxyl groups is 1. The standard InChI is InChI=1S/C95H135N23O24S/c1-12-14-24-72-86(133)106-63(35-50(3)4)83(130)112-70(81(128)101-44-77(97)123)48-143-49-78(124)104-66(37-54-28-30-57(120)31-29-54)89(136)113(9)52(7)80(127)108-68(41-76(96)122)91(138)117-34-20-27-73(117)87(134)111-69(43-102-95(142)103-53(8)119)85(132)109-65(36-51(5)6)92(139)118-46-58(121)40-75(118)88(135)107-64(38-55-42-100-61-23-18-16-21-59(55)61)84(131)105-62(32-33-99-94(98)141)82(129)110-67(90(137)115(11)74(25-15-13-2)93(140)114(72)10)39-56-45-116(47-79(125)126)71-26-19-17-22-60(56)71/h16-19,21-23,26,28-31,42,45,50-52,58,62-70,72-75,100,120-121H,12-15,20,24-25,27,32-41,43-44,46-49H2,1-11H3,(H2,96,122)(H2,97,123)(H,101,128)(H,104,124)(H,105,131)(H,106,133)(H,107,135)(H,108,127)(H,109,132)(H,110,129)(H,111,134)(H,112,130)(H,125,126)(H3,98,99,141)(H2,102,103,119,142)/t52-,58+,62-,63-,64-,65-,66-,67-,68-,69-,70-,72-,73-,74-,75-/m0/s1. The average Bonchev–Trinajstić information content (AvgIpc) is 1.66. The average molecular weight is 2020 g/mol. The van der Waals surface area contributed by atoms with E-state index in [1.807, 2.05) is 19.2 Å². The number of carboxylic acid groups (broad SMARTS) is 1. The number of H-pyrrole nitrogens is 1. The van der Waals surface area contributed by atoms with Gasteiger partial charge in [-0.25, -0.2) is 9.59 Å². The number of hydrogen-bond acceptors (Lipinski definition) is 24. The molecule has 48 heteroatoms. The maximum absolute atomic E-state index is 16.1. The molecule has 23 N–H and O–H groups in total. The van der Waals surface area contributed by atoms with Gasteiger partial charge in [-0.05, 0) is 105 Å². The number of unbranched alkanes of at least 4 members (excludes halogenated alkanes) is 2. The van der Waals surface area contributed by atoms with Crippen LogP contribution in [0.25, 0.3) is 21.8 Å². The van der Waals surface area contributed by atoms with Gasteiger partial charge in [0.1, 0.15) is 96.9 Å². The van der Waals surface area contributed by atoms with Crippen molar-refractivity contribution in [1.29, 1.82) is 0 Å². The molecule has 5 heterocycles. The van der Waals surface area contributed by atoms with Crippen molar-refractivity contribution >= 4 is 158 Å². The number of aliphatic hydroxyl groups is 1. The molecule has 3 saturated heterocycles. The second-order valence-electron chi connectivity index (χ2n) is 37.0. The summed E-state index contributed by atoms with van der Waals surface area (Å²) in [5.74, 6) is -21.2. The van der Waals surface area contributed by atoms with Gasteiger partial charge < -0.3 is 130 Å². The van der Waals surface area contributed by atoms with Crippen LogP contribution in [0.4, 0.5) is 9.59 Å². The van der Waals surface area contributed by atoms with Crippen molar-refractivity contribution in [2.45, 2.75) is 255 Å². The quantitative estimate of drug-likeness (QED) is 0.0243. The number of amides is 22. The third-order valence-corrected chi connectivity index (χ3v) is 25.9. The van der Waals surface area contributed by atoms with Crippen LogP contribution in [0, 0.1) is 11.8 Å². The van der Waals surface area contributed by atoms with Gasteiger partial charge in [0, 0.05) is 120 Å². The van der Waals surface area contributed by atoms with Gasteiger partial charge in [0.25, 0.3) is 0 Å². The van der Waals surface area contributed by atoms with Crippen molar-refractivity contribution in [2.24, 2.45) is 29.0 Å². The number of phenols is 1. The van der Waals surface area contributed by atoms with E-state index in [9.17, 15) is 77.6 Å². The molecule has 15 atom stereocenters. The fraction of sp³-hybridized carbons (Fsp3) is 0.547. The number of nitrogens with zero attached hydrogens (tertiary/aromatic N) is 6. The zero-order valence-electron chi connectivity index (χ0n) is 82.1. The first-order valence-corrected chi connectivity index (χ1v) is 48.8.